The molecule has 5 nitrogen and oxygen atoms in total. The molecule has 3 N–H and O–H groups in total. The number of fused-ring (bicyclic) bond motifs is 1. The van der Waals surface area contributed by atoms with Gasteiger partial charge < -0.3 is 11.1 Å². The monoisotopic (exact) mass is 207 g/mol. The molecule has 0 aromatic carbocycles. The fourth-order valence-electron chi connectivity index (χ4n) is 2.31. The molecule has 1 aliphatic carbocycles. The number of hydrogen-bond donors (Lipinski definition) is 2. The molecule has 0 saturated heterocycles. The van der Waals surface area contributed by atoms with Gasteiger partial charge in [-0.3, -0.25) is 4.57 Å². The van der Waals surface area contributed by atoms with Gasteiger partial charge in [-0.25, -0.2) is 0 Å². The second kappa shape index (κ2) is 3.48. The molecule has 1 saturated carbocycles. The van der Waals surface area contributed by atoms with Gasteiger partial charge >= 0.3 is 0 Å². The van der Waals surface area contributed by atoms with E-state index in [1.165, 1.54) is 25.1 Å². The van der Waals surface area contributed by atoms with Crippen molar-refractivity contribution in [2.45, 2.75) is 31.7 Å². The normalized spacial score (nSPS) is 25.5. The van der Waals surface area contributed by atoms with Crippen LogP contribution in [0, 0.1) is 5.92 Å². The van der Waals surface area contributed by atoms with E-state index in [2.05, 4.69) is 20.1 Å². The fourth-order valence-corrected chi connectivity index (χ4v) is 2.31. The Bertz CT molecular complexity index is 355. The third-order valence-corrected chi connectivity index (χ3v) is 3.57. The largest absolute Gasteiger partial charge is 0.354 e. The Labute approximate surface area is 89.1 Å². The highest BCUT2D eigenvalue weighted by atomic mass is 15.4. The third-order valence-electron chi connectivity index (χ3n) is 3.57. The van der Waals surface area contributed by atoms with Crippen LogP contribution in [0.1, 0.15) is 31.0 Å². The molecule has 1 aliphatic heterocycles. The lowest BCUT2D eigenvalue weighted by Gasteiger charge is -2.29. The predicted molar refractivity (Wildman–Crippen MR) is 57.6 cm³/mol. The molecule has 15 heavy (non-hydrogen) atoms. The molecule has 82 valence electrons. The van der Waals surface area contributed by atoms with Crippen molar-refractivity contribution in [2.75, 3.05) is 18.4 Å². The van der Waals surface area contributed by atoms with Gasteiger partial charge in [-0.05, 0) is 19.4 Å². The van der Waals surface area contributed by atoms with Crippen molar-refractivity contribution in [2.24, 2.45) is 11.7 Å². The van der Waals surface area contributed by atoms with Gasteiger partial charge in [-0.15, -0.1) is 10.2 Å². The average molecular weight is 207 g/mol. The zero-order valence-corrected chi connectivity index (χ0v) is 8.82. The van der Waals surface area contributed by atoms with E-state index in [9.17, 15) is 0 Å². The molecule has 1 aromatic heterocycles. The van der Waals surface area contributed by atoms with Gasteiger partial charge in [0, 0.05) is 24.9 Å². The topological polar surface area (TPSA) is 68.8 Å². The van der Waals surface area contributed by atoms with Crippen LogP contribution in [-0.2, 0) is 6.54 Å². The number of anilines is 1. The number of nitrogens with two attached hydrogens (primary N) is 1. The molecular weight excluding hydrogens is 190 g/mol. The van der Waals surface area contributed by atoms with E-state index in [0.29, 0.717) is 11.8 Å². The van der Waals surface area contributed by atoms with Gasteiger partial charge in [0.25, 0.3) is 0 Å². The third kappa shape index (κ3) is 1.42. The van der Waals surface area contributed by atoms with E-state index in [1.54, 1.807) is 0 Å². The highest BCUT2D eigenvalue weighted by molar-refractivity contribution is 5.29. The summed E-state index contributed by atoms with van der Waals surface area (Å²) in [6.07, 6.45) is 3.87. The summed E-state index contributed by atoms with van der Waals surface area (Å²) in [6.45, 7) is 2.64. The Balaban J connectivity index is 1.88. The van der Waals surface area contributed by atoms with Crippen LogP contribution >= 0.6 is 0 Å². The summed E-state index contributed by atoms with van der Waals surface area (Å²) in [6, 6.07) is 0. The van der Waals surface area contributed by atoms with Crippen LogP contribution in [0.4, 0.5) is 5.95 Å². The first-order chi connectivity index (χ1) is 7.38. The summed E-state index contributed by atoms with van der Waals surface area (Å²) in [5.41, 5.74) is 5.71. The molecular formula is C10H17N5. The Morgan fingerprint density at radius 2 is 2.27 bits per heavy atom. The number of aromatic nitrogens is 3. The molecule has 1 aromatic rings. The van der Waals surface area contributed by atoms with E-state index in [1.807, 2.05) is 0 Å². The minimum Gasteiger partial charge on any atom is -0.354 e. The van der Waals surface area contributed by atoms with Gasteiger partial charge in [-0.2, -0.15) is 0 Å². The van der Waals surface area contributed by atoms with Crippen LogP contribution in [0.5, 0.6) is 0 Å². The molecule has 1 atom stereocenters. The van der Waals surface area contributed by atoms with Crippen LogP contribution in [0.25, 0.3) is 0 Å². The molecule has 3 rings (SSSR count). The minimum absolute atomic E-state index is 0.521. The van der Waals surface area contributed by atoms with Crippen molar-refractivity contribution >= 4 is 5.95 Å². The molecule has 0 bridgehead atoms. The molecule has 0 amide bonds. The molecule has 0 radical (unpaired) electrons. The summed E-state index contributed by atoms with van der Waals surface area (Å²) in [4.78, 5) is 0. The maximum absolute atomic E-state index is 5.71. The van der Waals surface area contributed by atoms with Crippen molar-refractivity contribution in [1.82, 2.24) is 14.8 Å². The van der Waals surface area contributed by atoms with E-state index in [0.717, 1.165) is 25.6 Å². The number of nitrogens with one attached hydrogen (secondary N) is 1. The van der Waals surface area contributed by atoms with Crippen LogP contribution in [-0.4, -0.2) is 27.9 Å². The first-order valence-electron chi connectivity index (χ1n) is 5.75. The zero-order chi connectivity index (χ0) is 10.3. The summed E-state index contributed by atoms with van der Waals surface area (Å²) in [5, 5.41) is 11.8. The second-order valence-electron chi connectivity index (χ2n) is 4.60. The quantitative estimate of drug-likeness (QED) is 0.743. The van der Waals surface area contributed by atoms with E-state index >= 15 is 0 Å². The Morgan fingerprint density at radius 3 is 2.93 bits per heavy atom. The van der Waals surface area contributed by atoms with Crippen LogP contribution in [0.2, 0.25) is 0 Å². The number of rotatable bonds is 2. The average Bonchev–Trinajstić information content (AvgIpc) is 2.59. The van der Waals surface area contributed by atoms with Crippen LogP contribution < -0.4 is 11.1 Å². The van der Waals surface area contributed by atoms with Crippen LogP contribution in [0.3, 0.4) is 0 Å². The number of hydrogen-bond acceptors (Lipinski definition) is 4. The standard InChI is InChI=1S/C10H17N5/c11-4-7-5-12-10-14-13-9(15(10)6-7)8-2-1-3-8/h7-8H,1-6,11H2,(H,12,14). The molecule has 5 heteroatoms. The van der Waals surface area contributed by atoms with Crippen LogP contribution in [0.15, 0.2) is 0 Å². The van der Waals surface area contributed by atoms with E-state index in [-0.39, 0.29) is 0 Å². The Hall–Kier alpha value is -1.10. The maximum atomic E-state index is 5.71. The molecule has 1 unspecified atom stereocenters. The maximum Gasteiger partial charge on any atom is 0.224 e. The lowest BCUT2D eigenvalue weighted by molar-refractivity contribution is 0.365. The van der Waals surface area contributed by atoms with Gasteiger partial charge in [0.15, 0.2) is 0 Å². The van der Waals surface area contributed by atoms with E-state index < -0.39 is 0 Å². The molecule has 2 aliphatic rings. The van der Waals surface area contributed by atoms with Gasteiger partial charge in [0.1, 0.15) is 5.82 Å². The van der Waals surface area contributed by atoms with Crippen molar-refractivity contribution in [3.05, 3.63) is 5.82 Å². The molecule has 0 spiro atoms. The van der Waals surface area contributed by atoms with Crippen molar-refractivity contribution in [3.63, 3.8) is 0 Å². The summed E-state index contributed by atoms with van der Waals surface area (Å²) in [5.74, 6) is 3.26. The number of nitrogens with zero attached hydrogens (tertiary/aromatic N) is 3. The van der Waals surface area contributed by atoms with Gasteiger partial charge in [0.2, 0.25) is 5.95 Å². The second-order valence-corrected chi connectivity index (χ2v) is 4.60. The highest BCUT2D eigenvalue weighted by Crippen LogP contribution is 2.36. The minimum atomic E-state index is 0.521. The lowest BCUT2D eigenvalue weighted by Crippen LogP contribution is -2.34. The summed E-state index contributed by atoms with van der Waals surface area (Å²) in [7, 11) is 0. The first kappa shape index (κ1) is 9.15. The van der Waals surface area contributed by atoms with E-state index in [4.69, 9.17) is 5.73 Å². The SMILES string of the molecule is NCC1CNc2nnc(C3CCC3)n2C1. The van der Waals surface area contributed by atoms with Crippen molar-refractivity contribution in [1.29, 1.82) is 0 Å². The van der Waals surface area contributed by atoms with Gasteiger partial charge in [0.05, 0.1) is 0 Å². The summed E-state index contributed by atoms with van der Waals surface area (Å²) < 4.78 is 2.23. The fraction of sp³-hybridized carbons (Fsp3) is 0.800. The zero-order valence-electron chi connectivity index (χ0n) is 8.82. The lowest BCUT2D eigenvalue weighted by atomic mass is 9.84. The van der Waals surface area contributed by atoms with Gasteiger partial charge in [-0.1, -0.05) is 6.42 Å². The summed E-state index contributed by atoms with van der Waals surface area (Å²) >= 11 is 0. The Kier molecular flexibility index (Phi) is 2.12. The first-order valence-corrected chi connectivity index (χ1v) is 5.75. The van der Waals surface area contributed by atoms with Crippen molar-refractivity contribution in [3.8, 4) is 0 Å². The molecule has 2 heterocycles. The Morgan fingerprint density at radius 1 is 1.40 bits per heavy atom. The highest BCUT2D eigenvalue weighted by Gasteiger charge is 2.29. The smallest absolute Gasteiger partial charge is 0.224 e. The molecule has 1 fully saturated rings. The predicted octanol–water partition coefficient (Wildman–Crippen LogP) is 0.546. The van der Waals surface area contributed by atoms with Crippen molar-refractivity contribution < 1.29 is 0 Å².